The Labute approximate surface area is 196 Å². The van der Waals surface area contributed by atoms with Gasteiger partial charge in [-0.25, -0.2) is 0 Å². The third kappa shape index (κ3) is 6.39. The fourth-order valence-corrected chi connectivity index (χ4v) is 4.46. The minimum Gasteiger partial charge on any atom is -0.491 e. The molecule has 1 saturated heterocycles. The van der Waals surface area contributed by atoms with Gasteiger partial charge in [0.25, 0.3) is 5.91 Å². The van der Waals surface area contributed by atoms with E-state index < -0.39 is 0 Å². The van der Waals surface area contributed by atoms with Crippen LogP contribution in [0.4, 0.5) is 0 Å². The zero-order chi connectivity index (χ0) is 23.0. The number of likely N-dealkylation sites (tertiary alicyclic amines) is 1. The number of rotatable bonds is 8. The zero-order valence-corrected chi connectivity index (χ0v) is 19.4. The number of carbonyl (C=O) groups excluding carboxylic acids is 1. The molecule has 1 N–H and O–H groups in total. The molecule has 2 unspecified atom stereocenters. The fourth-order valence-electron chi connectivity index (χ4n) is 4.46. The second-order valence-electron chi connectivity index (χ2n) is 8.87. The van der Waals surface area contributed by atoms with E-state index in [0.717, 1.165) is 43.9 Å². The van der Waals surface area contributed by atoms with Gasteiger partial charge in [-0.05, 0) is 81.1 Å². The van der Waals surface area contributed by atoms with Gasteiger partial charge in [-0.15, -0.1) is 0 Å². The largest absolute Gasteiger partial charge is 0.491 e. The third-order valence-corrected chi connectivity index (χ3v) is 5.88. The van der Waals surface area contributed by atoms with Gasteiger partial charge < -0.3 is 10.1 Å². The smallest absolute Gasteiger partial charge is 0.270 e. The highest BCUT2D eigenvalue weighted by Gasteiger charge is 2.31. The van der Waals surface area contributed by atoms with Gasteiger partial charge in [-0.2, -0.15) is 0 Å². The second kappa shape index (κ2) is 11.1. The molecule has 3 heterocycles. The average Bonchev–Trinajstić information content (AvgIpc) is 2.83. The van der Waals surface area contributed by atoms with Crippen LogP contribution in [0.15, 0.2) is 73.1 Å². The molecule has 0 saturated carbocycles. The summed E-state index contributed by atoms with van der Waals surface area (Å²) in [5.41, 5.74) is 2.55. The minimum absolute atomic E-state index is 0.154. The van der Waals surface area contributed by atoms with E-state index in [1.807, 2.05) is 50.2 Å². The van der Waals surface area contributed by atoms with Gasteiger partial charge >= 0.3 is 0 Å². The van der Waals surface area contributed by atoms with E-state index in [-0.39, 0.29) is 24.0 Å². The first-order valence-electron chi connectivity index (χ1n) is 11.7. The molecule has 1 aliphatic heterocycles. The lowest BCUT2D eigenvalue weighted by atomic mass is 9.88. The molecule has 2 atom stereocenters. The van der Waals surface area contributed by atoms with Crippen LogP contribution in [0.25, 0.3) is 0 Å². The lowest BCUT2D eigenvalue weighted by Crippen LogP contribution is -2.43. The maximum atomic E-state index is 12.9. The third-order valence-electron chi connectivity index (χ3n) is 5.88. The Kier molecular flexibility index (Phi) is 7.68. The summed E-state index contributed by atoms with van der Waals surface area (Å²) in [6, 6.07) is 19.4. The fraction of sp³-hybridized carbons (Fsp3) is 0.370. The molecule has 172 valence electrons. The molecule has 1 aliphatic rings. The van der Waals surface area contributed by atoms with Crippen LogP contribution in [0.2, 0.25) is 0 Å². The van der Waals surface area contributed by atoms with Crippen molar-refractivity contribution in [2.45, 2.75) is 45.4 Å². The summed E-state index contributed by atoms with van der Waals surface area (Å²) in [6.45, 7) is 6.86. The van der Waals surface area contributed by atoms with E-state index >= 15 is 0 Å². The Morgan fingerprint density at radius 3 is 2.64 bits per heavy atom. The zero-order valence-electron chi connectivity index (χ0n) is 19.4. The molecular formula is C27H32N4O2. The lowest BCUT2D eigenvalue weighted by molar-refractivity contribution is 0.0870. The number of hydrogen-bond donors (Lipinski definition) is 1. The summed E-state index contributed by atoms with van der Waals surface area (Å²) >= 11 is 0. The Morgan fingerprint density at radius 2 is 1.91 bits per heavy atom. The van der Waals surface area contributed by atoms with Crippen molar-refractivity contribution in [1.82, 2.24) is 20.2 Å². The number of nitrogens with zero attached hydrogens (tertiary/aromatic N) is 3. The summed E-state index contributed by atoms with van der Waals surface area (Å²) < 4.78 is 5.87. The van der Waals surface area contributed by atoms with Crippen molar-refractivity contribution in [2.75, 3.05) is 13.1 Å². The maximum Gasteiger partial charge on any atom is 0.270 e. The molecule has 3 aromatic rings. The van der Waals surface area contributed by atoms with Gasteiger partial charge in [-0.3, -0.25) is 19.7 Å². The highest BCUT2D eigenvalue weighted by atomic mass is 16.5. The van der Waals surface area contributed by atoms with Crippen molar-refractivity contribution in [3.8, 4) is 5.75 Å². The summed E-state index contributed by atoms with van der Waals surface area (Å²) in [5, 5.41) is 3.22. The molecule has 0 radical (unpaired) electrons. The number of amides is 1. The molecular weight excluding hydrogens is 412 g/mol. The first-order valence-corrected chi connectivity index (χ1v) is 11.7. The van der Waals surface area contributed by atoms with E-state index in [1.54, 1.807) is 18.5 Å². The Bertz CT molecular complexity index is 1030. The number of aromatic nitrogens is 2. The first-order chi connectivity index (χ1) is 16.1. The van der Waals surface area contributed by atoms with Crippen LogP contribution in [-0.4, -0.2) is 40.0 Å². The molecule has 0 aliphatic carbocycles. The quantitative estimate of drug-likeness (QED) is 0.548. The first kappa shape index (κ1) is 22.9. The number of benzene rings is 1. The second-order valence-corrected chi connectivity index (χ2v) is 8.87. The van der Waals surface area contributed by atoms with Crippen LogP contribution >= 0.6 is 0 Å². The standard InChI is InChI=1S/C27H32N4O2/c1-20(2)33-23-11-7-9-21(17-23)18-31-16-8-10-22(19-31)26(24-12-3-5-14-28-24)30-27(32)25-13-4-6-15-29-25/h3-7,9,11-15,17,20,22,26H,8,10,16,18-19H2,1-2H3,(H,30,32). The highest BCUT2D eigenvalue weighted by Crippen LogP contribution is 2.30. The Balaban J connectivity index is 1.49. The molecule has 0 spiro atoms. The van der Waals surface area contributed by atoms with E-state index in [2.05, 4.69) is 38.4 Å². The lowest BCUT2D eigenvalue weighted by Gasteiger charge is -2.37. The van der Waals surface area contributed by atoms with E-state index in [4.69, 9.17) is 4.74 Å². The number of piperidine rings is 1. The van der Waals surface area contributed by atoms with Gasteiger partial charge in [0.1, 0.15) is 11.4 Å². The SMILES string of the molecule is CC(C)Oc1cccc(CN2CCCC(C(NC(=O)c3ccccn3)c3ccccn3)C2)c1. The average molecular weight is 445 g/mol. The monoisotopic (exact) mass is 444 g/mol. The van der Waals surface area contributed by atoms with Crippen LogP contribution in [0.1, 0.15) is 54.5 Å². The summed E-state index contributed by atoms with van der Waals surface area (Å²) in [7, 11) is 0. The molecule has 1 amide bonds. The molecule has 2 aromatic heterocycles. The predicted octanol–water partition coefficient (Wildman–Crippen LogP) is 4.65. The normalized spacial score (nSPS) is 17.5. The van der Waals surface area contributed by atoms with Crippen LogP contribution in [-0.2, 0) is 6.54 Å². The molecule has 6 heteroatoms. The maximum absolute atomic E-state index is 12.9. The van der Waals surface area contributed by atoms with Gasteiger partial charge in [-0.1, -0.05) is 24.3 Å². The van der Waals surface area contributed by atoms with Crippen molar-refractivity contribution in [1.29, 1.82) is 0 Å². The Morgan fingerprint density at radius 1 is 1.09 bits per heavy atom. The highest BCUT2D eigenvalue weighted by molar-refractivity contribution is 5.92. The molecule has 4 rings (SSSR count). The number of ether oxygens (including phenoxy) is 1. The molecule has 0 bridgehead atoms. The molecule has 1 fully saturated rings. The summed E-state index contributed by atoms with van der Waals surface area (Å²) in [6.07, 6.45) is 5.70. The molecule has 1 aromatic carbocycles. The van der Waals surface area contributed by atoms with Gasteiger partial charge in [0, 0.05) is 25.5 Å². The van der Waals surface area contributed by atoms with E-state index in [1.165, 1.54) is 5.56 Å². The van der Waals surface area contributed by atoms with E-state index in [9.17, 15) is 4.79 Å². The van der Waals surface area contributed by atoms with Crippen molar-refractivity contribution in [3.63, 3.8) is 0 Å². The van der Waals surface area contributed by atoms with Crippen LogP contribution in [0.5, 0.6) is 5.75 Å². The number of hydrogen-bond acceptors (Lipinski definition) is 5. The number of nitrogens with one attached hydrogen (secondary N) is 1. The van der Waals surface area contributed by atoms with Crippen molar-refractivity contribution in [2.24, 2.45) is 5.92 Å². The van der Waals surface area contributed by atoms with Crippen LogP contribution in [0, 0.1) is 5.92 Å². The van der Waals surface area contributed by atoms with Crippen molar-refractivity contribution < 1.29 is 9.53 Å². The predicted molar refractivity (Wildman–Crippen MR) is 129 cm³/mol. The van der Waals surface area contributed by atoms with Crippen LogP contribution < -0.4 is 10.1 Å². The number of carbonyl (C=O) groups is 1. The number of pyridine rings is 2. The van der Waals surface area contributed by atoms with Gasteiger partial charge in [0.05, 0.1) is 17.8 Å². The molecule has 33 heavy (non-hydrogen) atoms. The van der Waals surface area contributed by atoms with Gasteiger partial charge in [0.2, 0.25) is 0 Å². The van der Waals surface area contributed by atoms with Crippen molar-refractivity contribution >= 4 is 5.91 Å². The summed E-state index contributed by atoms with van der Waals surface area (Å²) in [5.74, 6) is 1.00. The minimum atomic E-state index is -0.167. The Hall–Kier alpha value is -3.25. The summed E-state index contributed by atoms with van der Waals surface area (Å²) in [4.78, 5) is 24.2. The van der Waals surface area contributed by atoms with Crippen LogP contribution in [0.3, 0.4) is 0 Å². The van der Waals surface area contributed by atoms with Gasteiger partial charge in [0.15, 0.2) is 0 Å². The van der Waals surface area contributed by atoms with E-state index in [0.29, 0.717) is 5.69 Å². The van der Waals surface area contributed by atoms with Crippen molar-refractivity contribution in [3.05, 3.63) is 90.0 Å². The molecule has 6 nitrogen and oxygen atoms in total. The topological polar surface area (TPSA) is 67.3 Å².